The summed E-state index contributed by atoms with van der Waals surface area (Å²) in [5.41, 5.74) is -6.30. The van der Waals surface area contributed by atoms with Crippen LogP contribution in [0.25, 0.3) is 10.2 Å². The third-order valence-electron chi connectivity index (χ3n) is 1.91. The zero-order valence-corrected chi connectivity index (χ0v) is 9.95. The average molecular weight is 299 g/mol. The monoisotopic (exact) mass is 299 g/mol. The summed E-state index contributed by atoms with van der Waals surface area (Å²) in [6.07, 6.45) is 0. The molecule has 0 spiro atoms. The van der Waals surface area contributed by atoms with Gasteiger partial charge >= 0.3 is 15.6 Å². The van der Waals surface area contributed by atoms with Crippen molar-refractivity contribution >= 4 is 31.7 Å². The van der Waals surface area contributed by atoms with Crippen molar-refractivity contribution in [3.63, 3.8) is 0 Å². The molecule has 0 aromatic carbocycles. The average Bonchev–Trinajstić information content (AvgIpc) is 2.62. The van der Waals surface area contributed by atoms with E-state index in [0.717, 1.165) is 11.3 Å². The van der Waals surface area contributed by atoms with Crippen molar-refractivity contribution in [2.45, 2.75) is 5.51 Å². The summed E-state index contributed by atoms with van der Waals surface area (Å²) in [7, 11) is -5.79. The normalized spacial score (nSPS) is 12.8. The van der Waals surface area contributed by atoms with Gasteiger partial charge in [0.25, 0.3) is 5.56 Å². The van der Waals surface area contributed by atoms with Crippen LogP contribution in [0.4, 0.5) is 13.2 Å². The van der Waals surface area contributed by atoms with E-state index >= 15 is 0 Å². The van der Waals surface area contributed by atoms with Gasteiger partial charge in [0, 0.05) is 6.07 Å². The van der Waals surface area contributed by atoms with E-state index < -0.39 is 26.9 Å². The van der Waals surface area contributed by atoms with E-state index in [9.17, 15) is 26.4 Å². The summed E-state index contributed by atoms with van der Waals surface area (Å²) in [6.45, 7) is 0. The first-order valence-electron chi connectivity index (χ1n) is 4.32. The quantitative estimate of drug-likeness (QED) is 0.678. The zero-order valence-electron chi connectivity index (χ0n) is 8.32. The lowest BCUT2D eigenvalue weighted by Gasteiger charge is -2.09. The number of aromatic amines is 1. The second-order valence-electron chi connectivity index (χ2n) is 3.14. The third-order valence-corrected chi connectivity index (χ3v) is 3.71. The molecule has 1 N–H and O–H groups in total. The van der Waals surface area contributed by atoms with Crippen molar-refractivity contribution in [3.8, 4) is 5.75 Å². The van der Waals surface area contributed by atoms with Crippen molar-refractivity contribution in [2.75, 3.05) is 0 Å². The predicted octanol–water partition coefficient (Wildman–Crippen LogP) is 1.82. The minimum absolute atomic E-state index is 0.0902. The van der Waals surface area contributed by atoms with E-state index in [1.54, 1.807) is 0 Å². The molecule has 0 unspecified atom stereocenters. The molecule has 0 saturated heterocycles. The molecule has 0 radical (unpaired) electrons. The van der Waals surface area contributed by atoms with Crippen LogP contribution in [0.3, 0.4) is 0 Å². The summed E-state index contributed by atoms with van der Waals surface area (Å²) in [6, 6.07) is 2.00. The Bertz CT molecular complexity index is 744. The van der Waals surface area contributed by atoms with Crippen LogP contribution >= 0.6 is 11.3 Å². The van der Waals surface area contributed by atoms with E-state index in [1.165, 1.54) is 11.4 Å². The van der Waals surface area contributed by atoms with Crippen LogP contribution in [-0.4, -0.2) is 18.9 Å². The van der Waals surface area contributed by atoms with Crippen LogP contribution < -0.4 is 9.74 Å². The minimum atomic E-state index is -5.79. The predicted molar refractivity (Wildman–Crippen MR) is 58.0 cm³/mol. The van der Waals surface area contributed by atoms with Gasteiger partial charge in [-0.3, -0.25) is 4.79 Å². The minimum Gasteiger partial charge on any atom is -0.375 e. The summed E-state index contributed by atoms with van der Waals surface area (Å²) in [5.74, 6) is -0.646. The highest BCUT2D eigenvalue weighted by atomic mass is 32.2. The molecule has 0 aliphatic heterocycles. The van der Waals surface area contributed by atoms with E-state index in [4.69, 9.17) is 0 Å². The fraction of sp³-hybridized carbons (Fsp3) is 0.125. The summed E-state index contributed by atoms with van der Waals surface area (Å²) in [4.78, 5) is 13.7. The van der Waals surface area contributed by atoms with Gasteiger partial charge in [-0.1, -0.05) is 0 Å². The molecule has 0 saturated carbocycles. The van der Waals surface area contributed by atoms with Gasteiger partial charge < -0.3 is 9.17 Å². The molecule has 98 valence electrons. The number of rotatable bonds is 2. The smallest absolute Gasteiger partial charge is 0.375 e. The highest BCUT2D eigenvalue weighted by Gasteiger charge is 2.48. The topological polar surface area (TPSA) is 76.2 Å². The molecule has 0 aliphatic carbocycles. The SMILES string of the molecule is O=c1cc(OS(=O)(=O)C(F)(F)F)c2ccsc2[nH]1. The molecule has 10 heteroatoms. The van der Waals surface area contributed by atoms with Gasteiger partial charge in [0.15, 0.2) is 5.75 Å². The first-order chi connectivity index (χ1) is 8.21. The highest BCUT2D eigenvalue weighted by Crippen LogP contribution is 2.31. The van der Waals surface area contributed by atoms with Crippen molar-refractivity contribution < 1.29 is 25.8 Å². The van der Waals surface area contributed by atoms with Crippen LogP contribution in [0.5, 0.6) is 5.75 Å². The lowest BCUT2D eigenvalue weighted by molar-refractivity contribution is -0.0499. The van der Waals surface area contributed by atoms with Crippen molar-refractivity contribution in [2.24, 2.45) is 0 Å². The van der Waals surface area contributed by atoms with Crippen LogP contribution in [0.15, 0.2) is 22.3 Å². The Morgan fingerprint density at radius 3 is 2.61 bits per heavy atom. The molecule has 2 aromatic heterocycles. The van der Waals surface area contributed by atoms with Gasteiger partial charge in [0.1, 0.15) is 4.83 Å². The van der Waals surface area contributed by atoms with E-state index in [2.05, 4.69) is 9.17 Å². The number of alkyl halides is 3. The van der Waals surface area contributed by atoms with Gasteiger partial charge in [-0.15, -0.1) is 11.3 Å². The molecule has 0 fully saturated rings. The number of hydrogen-bond donors (Lipinski definition) is 1. The van der Waals surface area contributed by atoms with Crippen LogP contribution in [0.2, 0.25) is 0 Å². The van der Waals surface area contributed by atoms with Crippen LogP contribution in [-0.2, 0) is 10.1 Å². The Morgan fingerprint density at radius 1 is 1.33 bits per heavy atom. The van der Waals surface area contributed by atoms with Crippen molar-refractivity contribution in [1.82, 2.24) is 4.98 Å². The molecule has 0 bridgehead atoms. The lowest BCUT2D eigenvalue weighted by Crippen LogP contribution is -2.28. The molecule has 18 heavy (non-hydrogen) atoms. The third kappa shape index (κ3) is 2.20. The van der Waals surface area contributed by atoms with E-state index in [-0.39, 0.29) is 10.2 Å². The molecule has 2 rings (SSSR count). The molecule has 0 aliphatic rings. The molecule has 2 heterocycles. The Hall–Kier alpha value is -1.55. The van der Waals surface area contributed by atoms with E-state index in [0.29, 0.717) is 6.07 Å². The summed E-state index contributed by atoms with van der Waals surface area (Å²) in [5, 5.41) is 1.57. The zero-order chi connectivity index (χ0) is 13.6. The number of fused-ring (bicyclic) bond motifs is 1. The second-order valence-corrected chi connectivity index (χ2v) is 5.60. The first kappa shape index (κ1) is 12.9. The molecular formula is C8H4F3NO4S2. The van der Waals surface area contributed by atoms with Gasteiger partial charge in [-0.25, -0.2) is 0 Å². The number of aromatic nitrogens is 1. The maximum absolute atomic E-state index is 12.1. The number of nitrogens with one attached hydrogen (secondary N) is 1. The Balaban J connectivity index is 2.57. The van der Waals surface area contributed by atoms with Crippen molar-refractivity contribution in [3.05, 3.63) is 27.9 Å². The highest BCUT2D eigenvalue weighted by molar-refractivity contribution is 7.88. The number of halogens is 3. The summed E-state index contributed by atoms with van der Waals surface area (Å²) < 4.78 is 62.1. The lowest BCUT2D eigenvalue weighted by atomic mass is 10.3. The molecule has 5 nitrogen and oxygen atoms in total. The maximum atomic E-state index is 12.1. The molecule has 0 atom stereocenters. The Morgan fingerprint density at radius 2 is 2.00 bits per heavy atom. The Labute approximate surface area is 102 Å². The standard InChI is InChI=1S/C8H4F3NO4S2/c9-8(10,11)18(14,15)16-5-3-6(13)12-7-4(5)1-2-17-7/h1-3H,(H,12,13). The van der Waals surface area contributed by atoms with E-state index in [1.807, 2.05) is 0 Å². The summed E-state index contributed by atoms with van der Waals surface area (Å²) >= 11 is 1.04. The second kappa shape index (κ2) is 3.99. The number of pyridine rings is 1. The first-order valence-corrected chi connectivity index (χ1v) is 6.61. The van der Waals surface area contributed by atoms with Gasteiger partial charge in [0.05, 0.1) is 5.39 Å². The molecule has 2 aromatic rings. The van der Waals surface area contributed by atoms with Gasteiger partial charge in [-0.05, 0) is 11.4 Å². The largest absolute Gasteiger partial charge is 0.534 e. The maximum Gasteiger partial charge on any atom is 0.534 e. The van der Waals surface area contributed by atoms with Gasteiger partial charge in [0.2, 0.25) is 0 Å². The fourth-order valence-electron chi connectivity index (χ4n) is 1.18. The van der Waals surface area contributed by atoms with Crippen LogP contribution in [0, 0.1) is 0 Å². The number of thiophene rings is 1. The Kier molecular flexibility index (Phi) is 2.86. The van der Waals surface area contributed by atoms with Crippen molar-refractivity contribution in [1.29, 1.82) is 0 Å². The van der Waals surface area contributed by atoms with Gasteiger partial charge in [-0.2, -0.15) is 21.6 Å². The van der Waals surface area contributed by atoms with Crippen LogP contribution in [0.1, 0.15) is 0 Å². The number of H-pyrrole nitrogens is 1. The number of hydrogen-bond acceptors (Lipinski definition) is 5. The molecule has 0 amide bonds. The molecular weight excluding hydrogens is 295 g/mol. The fourth-order valence-corrected chi connectivity index (χ4v) is 2.44.